The number of esters is 1. The van der Waals surface area contributed by atoms with E-state index in [1.807, 2.05) is 24.3 Å². The number of alkyl halides is 3. The molecule has 4 aromatic rings. The molecule has 0 spiro atoms. The van der Waals surface area contributed by atoms with E-state index >= 15 is 0 Å². The molecule has 2 aliphatic heterocycles. The van der Waals surface area contributed by atoms with Crippen molar-refractivity contribution in [2.45, 2.75) is 71.1 Å². The second-order valence-electron chi connectivity index (χ2n) is 12.4. The summed E-state index contributed by atoms with van der Waals surface area (Å²) in [5.41, 5.74) is 3.09. The first-order chi connectivity index (χ1) is 22.9. The average molecular weight is 669 g/mol. The molecule has 256 valence electrons. The lowest BCUT2D eigenvalue weighted by Gasteiger charge is -2.33. The van der Waals surface area contributed by atoms with Crippen molar-refractivity contribution in [1.29, 1.82) is 0 Å². The standard InChI is InChI=1S/C34H39F3N6O5/c1-3-48-31(46)21-41-29-6-4-5-7-30(29)43(33(41)47)25-12-15-39(16-13-25)18-26(45)19-42-28-14-17-40(22(2)44)20-27(28)32(38-42)23-8-10-24(11-9-23)34(35,36)37/h4-11,25-26,45H,3,12-21H2,1-2H3. The largest absolute Gasteiger partial charge is 0.465 e. The molecule has 0 radical (unpaired) electrons. The van der Waals surface area contributed by atoms with Gasteiger partial charge in [-0.3, -0.25) is 23.4 Å². The molecular weight excluding hydrogens is 629 g/mol. The van der Waals surface area contributed by atoms with Crippen LogP contribution in [0.25, 0.3) is 22.3 Å². The first-order valence-corrected chi connectivity index (χ1v) is 16.2. The van der Waals surface area contributed by atoms with Gasteiger partial charge in [0.05, 0.1) is 41.5 Å². The van der Waals surface area contributed by atoms with Gasteiger partial charge >= 0.3 is 17.8 Å². The Morgan fingerprint density at radius 2 is 1.71 bits per heavy atom. The molecule has 4 heterocycles. The summed E-state index contributed by atoms with van der Waals surface area (Å²) in [5, 5.41) is 16.0. The lowest BCUT2D eigenvalue weighted by molar-refractivity contribution is -0.143. The molecular formula is C34H39F3N6O5. The number of aromatic nitrogens is 4. The number of carbonyl (C=O) groups excluding carboxylic acids is 2. The van der Waals surface area contributed by atoms with Gasteiger partial charge in [-0.1, -0.05) is 24.3 Å². The third kappa shape index (κ3) is 6.76. The van der Waals surface area contributed by atoms with Crippen LogP contribution in [0.1, 0.15) is 49.6 Å². The van der Waals surface area contributed by atoms with Crippen molar-refractivity contribution in [3.05, 3.63) is 75.8 Å². The van der Waals surface area contributed by atoms with Crippen molar-refractivity contribution in [2.24, 2.45) is 0 Å². The summed E-state index contributed by atoms with van der Waals surface area (Å²) >= 11 is 0. The molecule has 2 aromatic carbocycles. The molecule has 6 rings (SSSR count). The summed E-state index contributed by atoms with van der Waals surface area (Å²) < 4.78 is 49.7. The Morgan fingerprint density at radius 1 is 1.02 bits per heavy atom. The van der Waals surface area contributed by atoms with Gasteiger partial charge in [-0.05, 0) is 44.0 Å². The van der Waals surface area contributed by atoms with Gasteiger partial charge in [0.15, 0.2) is 0 Å². The van der Waals surface area contributed by atoms with Gasteiger partial charge in [0.1, 0.15) is 6.54 Å². The van der Waals surface area contributed by atoms with E-state index in [1.54, 1.807) is 21.1 Å². The lowest BCUT2D eigenvalue weighted by Crippen LogP contribution is -2.42. The number of aliphatic hydroxyl groups excluding tert-OH is 1. The molecule has 2 aliphatic rings. The number of imidazole rings is 1. The van der Waals surface area contributed by atoms with Gasteiger partial charge < -0.3 is 19.6 Å². The Morgan fingerprint density at radius 3 is 2.35 bits per heavy atom. The number of fused-ring (bicyclic) bond motifs is 2. The van der Waals surface area contributed by atoms with Crippen LogP contribution in [0.4, 0.5) is 13.2 Å². The van der Waals surface area contributed by atoms with E-state index in [9.17, 15) is 32.7 Å². The number of rotatable bonds is 9. The normalized spacial score (nSPS) is 16.7. The number of benzene rings is 2. The number of halogens is 3. The van der Waals surface area contributed by atoms with Crippen LogP contribution in [0, 0.1) is 0 Å². The number of amides is 1. The van der Waals surface area contributed by atoms with Crippen LogP contribution in [-0.2, 0) is 46.6 Å². The third-order valence-electron chi connectivity index (χ3n) is 9.30. The van der Waals surface area contributed by atoms with Gasteiger partial charge in [-0.25, -0.2) is 4.79 Å². The molecule has 0 bridgehead atoms. The van der Waals surface area contributed by atoms with Crippen molar-refractivity contribution in [3.8, 4) is 11.3 Å². The molecule has 0 saturated carbocycles. The van der Waals surface area contributed by atoms with Gasteiger partial charge in [-0.15, -0.1) is 0 Å². The maximum atomic E-state index is 13.5. The molecule has 1 atom stereocenters. The van der Waals surface area contributed by atoms with Crippen LogP contribution in [0.3, 0.4) is 0 Å². The van der Waals surface area contributed by atoms with Crippen molar-refractivity contribution >= 4 is 22.9 Å². The zero-order valence-corrected chi connectivity index (χ0v) is 26.9. The quantitative estimate of drug-likeness (QED) is 0.270. The van der Waals surface area contributed by atoms with E-state index in [0.717, 1.165) is 28.9 Å². The summed E-state index contributed by atoms with van der Waals surface area (Å²) in [6.07, 6.45) is -3.38. The molecule has 1 fully saturated rings. The number of carbonyl (C=O) groups is 2. The molecule has 48 heavy (non-hydrogen) atoms. The molecule has 1 amide bonds. The highest BCUT2D eigenvalue weighted by Gasteiger charge is 2.32. The fourth-order valence-electron chi connectivity index (χ4n) is 6.95. The highest BCUT2D eigenvalue weighted by Crippen LogP contribution is 2.34. The zero-order valence-electron chi connectivity index (χ0n) is 26.9. The minimum Gasteiger partial charge on any atom is -0.465 e. The second-order valence-corrected chi connectivity index (χ2v) is 12.4. The van der Waals surface area contributed by atoms with Crippen molar-refractivity contribution < 1.29 is 32.6 Å². The van der Waals surface area contributed by atoms with Gasteiger partial charge in [0.25, 0.3) is 0 Å². The van der Waals surface area contributed by atoms with Crippen LogP contribution in [0.2, 0.25) is 0 Å². The van der Waals surface area contributed by atoms with Crippen molar-refractivity contribution in [3.63, 3.8) is 0 Å². The number of aliphatic hydroxyl groups is 1. The van der Waals surface area contributed by atoms with Crippen molar-refractivity contribution in [2.75, 3.05) is 32.8 Å². The Labute approximate surface area is 275 Å². The summed E-state index contributed by atoms with van der Waals surface area (Å²) in [4.78, 5) is 41.7. The fourth-order valence-corrected chi connectivity index (χ4v) is 6.95. The number of hydrogen-bond acceptors (Lipinski definition) is 7. The number of para-hydroxylation sites is 2. The van der Waals surface area contributed by atoms with Crippen LogP contribution in [-0.4, -0.2) is 84.6 Å². The summed E-state index contributed by atoms with van der Waals surface area (Å²) in [6.45, 7) is 5.91. The van der Waals surface area contributed by atoms with Crippen molar-refractivity contribution in [1.82, 2.24) is 28.7 Å². The third-order valence-corrected chi connectivity index (χ3v) is 9.30. The first-order valence-electron chi connectivity index (χ1n) is 16.2. The SMILES string of the molecule is CCOC(=O)Cn1c(=O)n(C2CCN(CC(O)Cn3nc(-c4ccc(C(F)(F)F)cc4)c4c3CCN(C(C)=O)C4)CC2)c2ccccc21. The Bertz CT molecular complexity index is 1850. The van der Waals surface area contributed by atoms with E-state index in [0.29, 0.717) is 68.8 Å². The molecule has 14 heteroatoms. The molecule has 1 saturated heterocycles. The molecule has 0 aliphatic carbocycles. The Kier molecular flexibility index (Phi) is 9.48. The minimum atomic E-state index is -4.46. The lowest BCUT2D eigenvalue weighted by atomic mass is 10.00. The second kappa shape index (κ2) is 13.6. The van der Waals surface area contributed by atoms with Gasteiger partial charge in [0.2, 0.25) is 5.91 Å². The smallest absolute Gasteiger partial charge is 0.416 e. The number of hydrogen-bond donors (Lipinski definition) is 1. The maximum Gasteiger partial charge on any atom is 0.416 e. The Hall–Kier alpha value is -4.43. The monoisotopic (exact) mass is 668 g/mol. The average Bonchev–Trinajstić information content (AvgIpc) is 3.55. The minimum absolute atomic E-state index is 0.0760. The van der Waals surface area contributed by atoms with E-state index in [1.165, 1.54) is 23.6 Å². The van der Waals surface area contributed by atoms with E-state index in [-0.39, 0.29) is 37.3 Å². The Balaban J connectivity index is 1.15. The molecule has 1 unspecified atom stereocenters. The van der Waals surface area contributed by atoms with Gasteiger partial charge in [0, 0.05) is 68.9 Å². The van der Waals surface area contributed by atoms with E-state index < -0.39 is 23.8 Å². The van der Waals surface area contributed by atoms with Crippen LogP contribution in [0.5, 0.6) is 0 Å². The number of nitrogens with zero attached hydrogens (tertiary/aromatic N) is 6. The van der Waals surface area contributed by atoms with Gasteiger partial charge in [-0.2, -0.15) is 18.3 Å². The van der Waals surface area contributed by atoms with Crippen LogP contribution in [0.15, 0.2) is 53.3 Å². The molecule has 1 N–H and O–H groups in total. The van der Waals surface area contributed by atoms with Crippen LogP contribution >= 0.6 is 0 Å². The van der Waals surface area contributed by atoms with E-state index in [2.05, 4.69) is 4.90 Å². The first kappa shape index (κ1) is 33.5. The predicted octanol–water partition coefficient (Wildman–Crippen LogP) is 3.85. The maximum absolute atomic E-state index is 13.5. The zero-order chi connectivity index (χ0) is 34.2. The predicted molar refractivity (Wildman–Crippen MR) is 171 cm³/mol. The number of ether oxygens (including phenoxy) is 1. The van der Waals surface area contributed by atoms with Crippen LogP contribution < -0.4 is 5.69 Å². The molecule has 11 nitrogen and oxygen atoms in total. The topological polar surface area (TPSA) is 115 Å². The number of likely N-dealkylation sites (tertiary alicyclic amines) is 1. The number of β-amino-alcohol motifs (C(OH)–C–C–N with tert-alkyl or cyclic N) is 1. The number of piperidine rings is 1. The fraction of sp³-hybridized carbons (Fsp3) is 0.471. The summed E-state index contributed by atoms with van der Waals surface area (Å²) in [6, 6.07) is 12.2. The highest BCUT2D eigenvalue weighted by atomic mass is 19.4. The van der Waals surface area contributed by atoms with E-state index in [4.69, 9.17) is 9.84 Å². The summed E-state index contributed by atoms with van der Waals surface area (Å²) in [5.74, 6) is -0.562. The molecule has 2 aromatic heterocycles. The highest BCUT2D eigenvalue weighted by molar-refractivity contribution is 5.79. The summed E-state index contributed by atoms with van der Waals surface area (Å²) in [7, 11) is 0.